The average molecular weight is 200 g/mol. The second-order valence-corrected chi connectivity index (χ2v) is 4.79. The molecule has 1 nitrogen and oxygen atoms in total. The van der Waals surface area contributed by atoms with E-state index in [1.807, 2.05) is 13.8 Å². The molecule has 0 fully saturated rings. The van der Waals surface area contributed by atoms with Gasteiger partial charge < -0.3 is 0 Å². The number of benzene rings is 1. The summed E-state index contributed by atoms with van der Waals surface area (Å²) in [6.07, 6.45) is 0.793. The van der Waals surface area contributed by atoms with E-state index in [2.05, 4.69) is 0 Å². The van der Waals surface area contributed by atoms with E-state index in [-0.39, 0.29) is 11.1 Å². The van der Waals surface area contributed by atoms with Gasteiger partial charge in [0.25, 0.3) is 0 Å². The van der Waals surface area contributed by atoms with Gasteiger partial charge in [0.1, 0.15) is 5.82 Å². The Kier molecular flexibility index (Phi) is 3.60. The average Bonchev–Trinajstić information content (AvgIpc) is 2.16. The highest BCUT2D eigenvalue weighted by molar-refractivity contribution is 7.85. The normalized spacial score (nSPS) is 15.3. The lowest BCUT2D eigenvalue weighted by Crippen LogP contribution is -2.10. The standard InChI is InChI=1S/C10H13FOS/c1-3-8(2)13(12)10-7-5-4-6-9(10)11/h4-8H,3H2,1-2H3. The topological polar surface area (TPSA) is 17.1 Å². The molecule has 0 radical (unpaired) electrons. The Morgan fingerprint density at radius 2 is 2.08 bits per heavy atom. The molecular formula is C10H13FOS. The first kappa shape index (κ1) is 10.4. The third kappa shape index (κ3) is 2.37. The lowest BCUT2D eigenvalue weighted by Gasteiger charge is -2.08. The van der Waals surface area contributed by atoms with Gasteiger partial charge >= 0.3 is 0 Å². The Balaban J connectivity index is 2.95. The summed E-state index contributed by atoms with van der Waals surface area (Å²) in [5.41, 5.74) is 0. The maximum atomic E-state index is 13.1. The molecule has 0 saturated carbocycles. The fourth-order valence-corrected chi connectivity index (χ4v) is 2.19. The molecule has 13 heavy (non-hydrogen) atoms. The van der Waals surface area contributed by atoms with Crippen LogP contribution in [0.15, 0.2) is 29.2 Å². The van der Waals surface area contributed by atoms with Crippen LogP contribution in [0.4, 0.5) is 4.39 Å². The maximum absolute atomic E-state index is 13.1. The third-order valence-electron chi connectivity index (χ3n) is 1.99. The van der Waals surface area contributed by atoms with Crippen LogP contribution < -0.4 is 0 Å². The second kappa shape index (κ2) is 4.51. The van der Waals surface area contributed by atoms with Crippen LogP contribution in [0, 0.1) is 5.82 Å². The fourth-order valence-electron chi connectivity index (χ4n) is 0.976. The molecule has 0 saturated heterocycles. The van der Waals surface area contributed by atoms with E-state index in [9.17, 15) is 8.60 Å². The summed E-state index contributed by atoms with van der Waals surface area (Å²) < 4.78 is 24.8. The summed E-state index contributed by atoms with van der Waals surface area (Å²) >= 11 is 0. The molecule has 0 heterocycles. The van der Waals surface area contributed by atoms with Gasteiger partial charge in [0.2, 0.25) is 0 Å². The molecule has 2 unspecified atom stereocenters. The number of hydrogen-bond acceptors (Lipinski definition) is 1. The van der Waals surface area contributed by atoms with E-state index in [4.69, 9.17) is 0 Å². The van der Waals surface area contributed by atoms with E-state index in [1.165, 1.54) is 6.07 Å². The summed E-state index contributed by atoms with van der Waals surface area (Å²) in [7, 11) is -1.21. The summed E-state index contributed by atoms with van der Waals surface area (Å²) in [5.74, 6) is -0.374. The minimum absolute atomic E-state index is 0.0110. The molecule has 2 atom stereocenters. The molecule has 0 aromatic heterocycles. The highest BCUT2D eigenvalue weighted by Crippen LogP contribution is 2.16. The quantitative estimate of drug-likeness (QED) is 0.733. The molecule has 3 heteroatoms. The minimum Gasteiger partial charge on any atom is -0.254 e. The number of rotatable bonds is 3. The van der Waals surface area contributed by atoms with E-state index in [0.717, 1.165) is 6.42 Å². The lowest BCUT2D eigenvalue weighted by molar-refractivity contribution is 0.593. The van der Waals surface area contributed by atoms with Crippen molar-refractivity contribution in [2.24, 2.45) is 0 Å². The van der Waals surface area contributed by atoms with Gasteiger partial charge in [0.05, 0.1) is 15.7 Å². The van der Waals surface area contributed by atoms with Crippen molar-refractivity contribution in [1.82, 2.24) is 0 Å². The smallest absolute Gasteiger partial charge is 0.139 e. The van der Waals surface area contributed by atoms with E-state index in [0.29, 0.717) is 4.90 Å². The largest absolute Gasteiger partial charge is 0.254 e. The molecular weight excluding hydrogens is 187 g/mol. The summed E-state index contributed by atoms with van der Waals surface area (Å²) in [4.78, 5) is 0.317. The Morgan fingerprint density at radius 1 is 1.46 bits per heavy atom. The van der Waals surface area contributed by atoms with Crippen LogP contribution in [0.3, 0.4) is 0 Å². The van der Waals surface area contributed by atoms with Gasteiger partial charge in [-0.3, -0.25) is 4.21 Å². The van der Waals surface area contributed by atoms with Gasteiger partial charge in [0, 0.05) is 5.25 Å². The van der Waals surface area contributed by atoms with E-state index < -0.39 is 10.8 Å². The molecule has 72 valence electrons. The highest BCUT2D eigenvalue weighted by Gasteiger charge is 2.14. The van der Waals surface area contributed by atoms with Gasteiger partial charge in [-0.15, -0.1) is 0 Å². The van der Waals surface area contributed by atoms with Crippen LogP contribution in [0.1, 0.15) is 20.3 Å². The van der Waals surface area contributed by atoms with Gasteiger partial charge in [0.15, 0.2) is 0 Å². The molecule has 1 aromatic rings. The molecule has 1 aromatic carbocycles. The Bertz CT molecular complexity index is 312. The first-order valence-corrected chi connectivity index (χ1v) is 5.53. The Hall–Kier alpha value is -0.700. The second-order valence-electron chi connectivity index (χ2n) is 2.95. The maximum Gasteiger partial charge on any atom is 0.139 e. The molecule has 0 aliphatic heterocycles. The van der Waals surface area contributed by atoms with Crippen molar-refractivity contribution in [3.63, 3.8) is 0 Å². The minimum atomic E-state index is -1.21. The van der Waals surface area contributed by atoms with Crippen molar-refractivity contribution < 1.29 is 8.60 Å². The van der Waals surface area contributed by atoms with Crippen LogP contribution in [0.25, 0.3) is 0 Å². The van der Waals surface area contributed by atoms with Crippen LogP contribution in [-0.2, 0) is 10.8 Å². The molecule has 0 aliphatic carbocycles. The van der Waals surface area contributed by atoms with Crippen molar-refractivity contribution in [3.8, 4) is 0 Å². The molecule has 0 spiro atoms. The number of halogens is 1. The molecule has 1 rings (SSSR count). The van der Waals surface area contributed by atoms with Crippen molar-refractivity contribution in [1.29, 1.82) is 0 Å². The zero-order valence-electron chi connectivity index (χ0n) is 7.79. The summed E-state index contributed by atoms with van der Waals surface area (Å²) in [6.45, 7) is 3.81. The molecule has 0 bridgehead atoms. The van der Waals surface area contributed by atoms with Crippen molar-refractivity contribution in [3.05, 3.63) is 30.1 Å². The van der Waals surface area contributed by atoms with Gasteiger partial charge in [-0.2, -0.15) is 0 Å². The van der Waals surface area contributed by atoms with E-state index in [1.54, 1.807) is 18.2 Å². The Morgan fingerprint density at radius 3 is 2.62 bits per heavy atom. The molecule has 0 amide bonds. The van der Waals surface area contributed by atoms with Crippen molar-refractivity contribution in [2.75, 3.05) is 0 Å². The number of hydrogen-bond donors (Lipinski definition) is 0. The van der Waals surface area contributed by atoms with Crippen molar-refractivity contribution >= 4 is 10.8 Å². The monoisotopic (exact) mass is 200 g/mol. The first-order chi connectivity index (χ1) is 6.16. The predicted octanol–water partition coefficient (Wildman–Crippen LogP) is 2.73. The fraction of sp³-hybridized carbons (Fsp3) is 0.400. The van der Waals surface area contributed by atoms with Crippen molar-refractivity contribution in [2.45, 2.75) is 30.4 Å². The van der Waals surface area contributed by atoms with Gasteiger partial charge in [-0.25, -0.2) is 4.39 Å². The Labute approximate surface area is 80.4 Å². The van der Waals surface area contributed by atoms with Gasteiger partial charge in [-0.1, -0.05) is 26.0 Å². The van der Waals surface area contributed by atoms with Crippen LogP contribution in [0.2, 0.25) is 0 Å². The SMILES string of the molecule is CCC(C)S(=O)c1ccccc1F. The lowest BCUT2D eigenvalue weighted by atomic mass is 10.3. The van der Waals surface area contributed by atoms with Crippen LogP contribution >= 0.6 is 0 Å². The summed E-state index contributed by atoms with van der Waals surface area (Å²) in [5, 5.41) is 0.0110. The third-order valence-corrected chi connectivity index (χ3v) is 3.82. The van der Waals surface area contributed by atoms with E-state index >= 15 is 0 Å². The predicted molar refractivity (Wildman–Crippen MR) is 52.6 cm³/mol. The molecule has 0 aliphatic rings. The van der Waals surface area contributed by atoms with Gasteiger partial charge in [-0.05, 0) is 18.6 Å². The van der Waals surface area contributed by atoms with Crippen LogP contribution in [0.5, 0.6) is 0 Å². The first-order valence-electron chi connectivity index (χ1n) is 4.32. The van der Waals surface area contributed by atoms with Crippen LogP contribution in [-0.4, -0.2) is 9.46 Å². The highest BCUT2D eigenvalue weighted by atomic mass is 32.2. The zero-order valence-corrected chi connectivity index (χ0v) is 8.60. The summed E-state index contributed by atoms with van der Waals surface area (Å²) in [6, 6.07) is 6.23. The zero-order chi connectivity index (χ0) is 9.84. The molecule has 0 N–H and O–H groups in total.